The van der Waals surface area contributed by atoms with Crippen LogP contribution in [0.15, 0.2) is 48.0 Å². The summed E-state index contributed by atoms with van der Waals surface area (Å²) in [4.78, 5) is 45.4. The summed E-state index contributed by atoms with van der Waals surface area (Å²) < 4.78 is 16.6. The van der Waals surface area contributed by atoms with Gasteiger partial charge in [0.2, 0.25) is 0 Å². The summed E-state index contributed by atoms with van der Waals surface area (Å²) in [6, 6.07) is 11.3. The second-order valence-corrected chi connectivity index (χ2v) is 11.6. The Morgan fingerprint density at radius 1 is 1.22 bits per heavy atom. The van der Waals surface area contributed by atoms with Crippen molar-refractivity contribution >= 4 is 39.9 Å². The number of amides is 1. The Bertz CT molecular complexity index is 1560. The standard InChI is InChI=1S/C31H32N2O7S/c1-16(2)11-12-39-22-8-6-7-19(15-22)25-24(26(34)20-9-10-23-21(14-20)13-17(3)40-23)27(35)29(36)33(25)31-32-18(4)28(41-31)30(37)38-5/h6-10,14-17,25,34H,11-13H2,1-5H3/b26-24+/t17-,25+/m0/s1. The van der Waals surface area contributed by atoms with Crippen LogP contribution in [-0.4, -0.2) is 47.6 Å². The normalized spacial score (nSPS) is 19.4. The maximum atomic E-state index is 13.6. The molecule has 2 aromatic carbocycles. The molecule has 2 aliphatic heterocycles. The Morgan fingerprint density at radius 3 is 2.73 bits per heavy atom. The lowest BCUT2D eigenvalue weighted by Gasteiger charge is -2.23. The van der Waals surface area contributed by atoms with E-state index in [2.05, 4.69) is 18.8 Å². The molecule has 2 aliphatic rings. The Balaban J connectivity index is 1.64. The molecular weight excluding hydrogens is 544 g/mol. The third kappa shape index (κ3) is 5.44. The zero-order chi connectivity index (χ0) is 29.4. The van der Waals surface area contributed by atoms with Gasteiger partial charge in [0.25, 0.3) is 5.78 Å². The number of methoxy groups -OCH3 is 1. The summed E-state index contributed by atoms with van der Waals surface area (Å²) in [7, 11) is 1.26. The van der Waals surface area contributed by atoms with Crippen LogP contribution in [-0.2, 0) is 20.7 Å². The van der Waals surface area contributed by atoms with Gasteiger partial charge in [0.1, 0.15) is 28.2 Å². The van der Waals surface area contributed by atoms with E-state index in [4.69, 9.17) is 14.2 Å². The largest absolute Gasteiger partial charge is 0.507 e. The van der Waals surface area contributed by atoms with Crippen molar-refractivity contribution in [1.29, 1.82) is 0 Å². The summed E-state index contributed by atoms with van der Waals surface area (Å²) in [5, 5.41) is 11.7. The molecule has 0 radical (unpaired) electrons. The predicted molar refractivity (Wildman–Crippen MR) is 155 cm³/mol. The number of fused-ring (bicyclic) bond motifs is 1. The van der Waals surface area contributed by atoms with Crippen molar-refractivity contribution < 1.29 is 33.7 Å². The molecule has 0 aliphatic carbocycles. The second kappa shape index (κ2) is 11.4. The molecule has 2 atom stereocenters. The molecule has 3 heterocycles. The molecule has 1 N–H and O–H groups in total. The molecule has 0 unspecified atom stereocenters. The number of aromatic nitrogens is 1. The Kier molecular flexibility index (Phi) is 7.86. The Morgan fingerprint density at radius 2 is 2.00 bits per heavy atom. The number of carbonyl (C=O) groups excluding carboxylic acids is 3. The average Bonchev–Trinajstić information content (AvgIpc) is 3.59. The summed E-state index contributed by atoms with van der Waals surface area (Å²) in [6.07, 6.45) is 1.53. The monoisotopic (exact) mass is 576 g/mol. The van der Waals surface area contributed by atoms with Gasteiger partial charge >= 0.3 is 11.9 Å². The summed E-state index contributed by atoms with van der Waals surface area (Å²) in [5.41, 5.74) is 2.16. The number of benzene rings is 2. The summed E-state index contributed by atoms with van der Waals surface area (Å²) >= 11 is 0.956. The van der Waals surface area contributed by atoms with Crippen LogP contribution in [0.1, 0.15) is 65.3 Å². The number of hydrogen-bond acceptors (Lipinski definition) is 9. The van der Waals surface area contributed by atoms with Crippen molar-refractivity contribution in [2.24, 2.45) is 5.92 Å². The van der Waals surface area contributed by atoms with E-state index >= 15 is 0 Å². The molecule has 0 saturated carbocycles. The van der Waals surface area contributed by atoms with Crippen molar-refractivity contribution in [1.82, 2.24) is 4.98 Å². The Labute approximate surface area is 242 Å². The van der Waals surface area contributed by atoms with E-state index in [0.717, 1.165) is 29.1 Å². The van der Waals surface area contributed by atoms with E-state index in [1.54, 1.807) is 49.4 Å². The fourth-order valence-electron chi connectivity index (χ4n) is 5.02. The lowest BCUT2D eigenvalue weighted by Crippen LogP contribution is -2.29. The van der Waals surface area contributed by atoms with E-state index in [-0.39, 0.29) is 27.4 Å². The van der Waals surface area contributed by atoms with Gasteiger partial charge < -0.3 is 19.3 Å². The third-order valence-corrected chi connectivity index (χ3v) is 8.25. The minimum atomic E-state index is -1.01. The average molecular weight is 577 g/mol. The molecular formula is C31H32N2O7S. The van der Waals surface area contributed by atoms with Crippen LogP contribution >= 0.6 is 11.3 Å². The lowest BCUT2D eigenvalue weighted by atomic mass is 9.94. The minimum absolute atomic E-state index is 0.00330. The summed E-state index contributed by atoms with van der Waals surface area (Å²) in [5.74, 6) is -0.834. The van der Waals surface area contributed by atoms with Crippen LogP contribution in [0.25, 0.3) is 5.76 Å². The highest BCUT2D eigenvalue weighted by Gasteiger charge is 2.48. The molecule has 9 nitrogen and oxygen atoms in total. The van der Waals surface area contributed by atoms with Crippen LogP contribution < -0.4 is 14.4 Å². The predicted octanol–water partition coefficient (Wildman–Crippen LogP) is 5.61. The zero-order valence-electron chi connectivity index (χ0n) is 23.6. The van der Waals surface area contributed by atoms with Crippen molar-refractivity contribution in [2.45, 2.75) is 52.7 Å². The molecule has 0 spiro atoms. The van der Waals surface area contributed by atoms with E-state index in [1.807, 2.05) is 6.92 Å². The molecule has 3 aromatic rings. The first-order valence-corrected chi connectivity index (χ1v) is 14.3. The number of esters is 1. The minimum Gasteiger partial charge on any atom is -0.507 e. The van der Waals surface area contributed by atoms with Gasteiger partial charge in [-0.25, -0.2) is 9.78 Å². The number of anilines is 1. The van der Waals surface area contributed by atoms with E-state index in [0.29, 0.717) is 41.5 Å². The SMILES string of the molecule is COC(=O)c1sc(N2C(=O)C(=O)/C(=C(/O)c3ccc4c(c3)C[C@H](C)O4)[C@H]2c2cccc(OCCC(C)C)c2)nc1C. The van der Waals surface area contributed by atoms with Gasteiger partial charge in [-0.05, 0) is 67.6 Å². The number of ketones is 1. The first-order chi connectivity index (χ1) is 19.6. The maximum absolute atomic E-state index is 13.6. The quantitative estimate of drug-likeness (QED) is 0.159. The highest BCUT2D eigenvalue weighted by molar-refractivity contribution is 7.17. The number of hydrogen-bond donors (Lipinski definition) is 1. The molecule has 1 fully saturated rings. The maximum Gasteiger partial charge on any atom is 0.350 e. The number of thiazole rings is 1. The highest BCUT2D eigenvalue weighted by Crippen LogP contribution is 2.45. The van der Waals surface area contributed by atoms with Crippen LogP contribution in [0, 0.1) is 12.8 Å². The van der Waals surface area contributed by atoms with Gasteiger partial charge in [0.05, 0.1) is 31.0 Å². The second-order valence-electron chi connectivity index (χ2n) is 10.6. The number of aliphatic hydroxyl groups excluding tert-OH is 1. The molecule has 41 heavy (non-hydrogen) atoms. The van der Waals surface area contributed by atoms with Crippen molar-refractivity contribution in [3.8, 4) is 11.5 Å². The third-order valence-electron chi connectivity index (χ3n) is 7.11. The molecule has 10 heteroatoms. The number of aliphatic hydroxyl groups is 1. The van der Waals surface area contributed by atoms with Crippen molar-refractivity contribution in [3.05, 3.63) is 75.3 Å². The van der Waals surface area contributed by atoms with Gasteiger partial charge in [-0.15, -0.1) is 0 Å². The van der Waals surface area contributed by atoms with Gasteiger partial charge in [0.15, 0.2) is 5.13 Å². The van der Waals surface area contributed by atoms with Gasteiger partial charge in [-0.3, -0.25) is 14.5 Å². The van der Waals surface area contributed by atoms with E-state index in [1.165, 1.54) is 12.0 Å². The lowest BCUT2D eigenvalue weighted by molar-refractivity contribution is -0.132. The Hall–Kier alpha value is -4.18. The van der Waals surface area contributed by atoms with Crippen LogP contribution in [0.5, 0.6) is 11.5 Å². The first kappa shape index (κ1) is 28.4. The van der Waals surface area contributed by atoms with Crippen molar-refractivity contribution in [3.63, 3.8) is 0 Å². The smallest absolute Gasteiger partial charge is 0.350 e. The zero-order valence-corrected chi connectivity index (χ0v) is 24.4. The fourth-order valence-corrected chi connectivity index (χ4v) is 6.04. The fraction of sp³-hybridized carbons (Fsp3) is 0.355. The number of rotatable bonds is 8. The number of aryl methyl sites for hydroxylation is 1. The molecule has 1 aromatic heterocycles. The molecule has 214 valence electrons. The van der Waals surface area contributed by atoms with Gasteiger partial charge in [0, 0.05) is 12.0 Å². The van der Waals surface area contributed by atoms with E-state index in [9.17, 15) is 19.5 Å². The van der Waals surface area contributed by atoms with E-state index < -0.39 is 23.7 Å². The topological polar surface area (TPSA) is 115 Å². The van der Waals surface area contributed by atoms with Crippen LogP contribution in [0.3, 0.4) is 0 Å². The number of ether oxygens (including phenoxy) is 3. The van der Waals surface area contributed by atoms with Crippen LogP contribution in [0.2, 0.25) is 0 Å². The highest BCUT2D eigenvalue weighted by atomic mass is 32.1. The first-order valence-electron chi connectivity index (χ1n) is 13.5. The molecule has 1 amide bonds. The van der Waals surface area contributed by atoms with Gasteiger partial charge in [-0.2, -0.15) is 0 Å². The number of carbonyl (C=O) groups is 3. The van der Waals surface area contributed by atoms with Crippen molar-refractivity contribution in [2.75, 3.05) is 18.6 Å². The number of nitrogens with zero attached hydrogens (tertiary/aromatic N) is 2. The summed E-state index contributed by atoms with van der Waals surface area (Å²) in [6.45, 7) is 8.31. The number of Topliss-reactive ketones (excluding diaryl/α,β-unsaturated/α-hetero) is 1. The molecule has 1 saturated heterocycles. The molecule has 5 rings (SSSR count). The van der Waals surface area contributed by atoms with Crippen LogP contribution in [0.4, 0.5) is 5.13 Å². The molecule has 0 bridgehead atoms. The van der Waals surface area contributed by atoms with Gasteiger partial charge in [-0.1, -0.05) is 37.3 Å².